The van der Waals surface area contributed by atoms with Crippen LogP contribution in [-0.2, 0) is 19.1 Å². The van der Waals surface area contributed by atoms with Crippen molar-refractivity contribution in [3.63, 3.8) is 0 Å². The van der Waals surface area contributed by atoms with Crippen LogP contribution in [-0.4, -0.2) is 47.8 Å². The van der Waals surface area contributed by atoms with Crippen LogP contribution in [0.25, 0.3) is 0 Å². The van der Waals surface area contributed by atoms with E-state index in [1.807, 2.05) is 43.2 Å². The van der Waals surface area contributed by atoms with E-state index in [0.717, 1.165) is 47.0 Å². The van der Waals surface area contributed by atoms with Gasteiger partial charge in [0.15, 0.2) is 5.17 Å². The van der Waals surface area contributed by atoms with Crippen LogP contribution in [0, 0.1) is 13.8 Å². The molecule has 3 aliphatic rings. The van der Waals surface area contributed by atoms with Gasteiger partial charge in [-0.25, -0.2) is 9.79 Å². The number of thioether (sulfide) groups is 1. The highest BCUT2D eigenvalue weighted by Gasteiger charge is 2.41. The smallest absolute Gasteiger partial charge is 0.338 e. The summed E-state index contributed by atoms with van der Waals surface area (Å²) in [5.74, 6) is -0.505. The number of amides is 1. The highest BCUT2D eigenvalue weighted by atomic mass is 32.2. The molecule has 1 fully saturated rings. The Balaban J connectivity index is 1.63. The zero-order valence-electron chi connectivity index (χ0n) is 19.9. The zero-order valence-corrected chi connectivity index (χ0v) is 20.7. The maximum atomic E-state index is 13.2. The fourth-order valence-electron chi connectivity index (χ4n) is 4.53. The van der Waals surface area contributed by atoms with Crippen LogP contribution in [0.3, 0.4) is 0 Å². The maximum absolute atomic E-state index is 13.2. The van der Waals surface area contributed by atoms with Crippen LogP contribution < -0.4 is 5.32 Å². The third kappa shape index (κ3) is 5.13. The number of carbonyl (C=O) groups is 2. The second-order valence-electron chi connectivity index (χ2n) is 8.76. The molecule has 4 rings (SSSR count). The van der Waals surface area contributed by atoms with Gasteiger partial charge < -0.3 is 19.7 Å². The van der Waals surface area contributed by atoms with Gasteiger partial charge in [0.05, 0.1) is 29.8 Å². The molecule has 0 spiro atoms. The van der Waals surface area contributed by atoms with Crippen LogP contribution in [0.15, 0.2) is 58.2 Å². The number of esters is 1. The molecule has 1 amide bonds. The average molecular weight is 482 g/mol. The first kappa shape index (κ1) is 24.3. The molecule has 2 atom stereocenters. The number of fused-ring (bicyclic) bond motifs is 1. The van der Waals surface area contributed by atoms with Crippen molar-refractivity contribution < 1.29 is 19.1 Å². The average Bonchev–Trinajstić information content (AvgIpc) is 3.45. The van der Waals surface area contributed by atoms with Gasteiger partial charge in [0, 0.05) is 18.8 Å². The summed E-state index contributed by atoms with van der Waals surface area (Å²) in [5.41, 5.74) is 5.09. The molecule has 0 aliphatic carbocycles. The lowest BCUT2D eigenvalue weighted by Crippen LogP contribution is -2.39. The quantitative estimate of drug-likeness (QED) is 0.441. The van der Waals surface area contributed by atoms with Crippen LogP contribution in [0.2, 0.25) is 0 Å². The van der Waals surface area contributed by atoms with Crippen LogP contribution in [0.5, 0.6) is 0 Å². The molecule has 0 saturated carbocycles. The van der Waals surface area contributed by atoms with E-state index in [9.17, 15) is 9.59 Å². The van der Waals surface area contributed by atoms with Gasteiger partial charge in [-0.1, -0.05) is 48.2 Å². The number of ether oxygens (including phenoxy) is 2. The van der Waals surface area contributed by atoms with Crippen molar-refractivity contribution in [3.05, 3.63) is 69.9 Å². The first-order valence-electron chi connectivity index (χ1n) is 11.6. The highest BCUT2D eigenvalue weighted by Crippen LogP contribution is 2.45. The molecule has 0 bridgehead atoms. The van der Waals surface area contributed by atoms with Gasteiger partial charge in [0.2, 0.25) is 5.91 Å². The molecule has 1 N–H and O–H groups in total. The minimum Gasteiger partial charge on any atom is -0.458 e. The van der Waals surface area contributed by atoms with Crippen molar-refractivity contribution in [1.82, 2.24) is 10.2 Å². The second kappa shape index (κ2) is 10.6. The number of aryl methyl sites for hydroxylation is 2. The van der Waals surface area contributed by atoms with Crippen LogP contribution >= 0.6 is 11.8 Å². The van der Waals surface area contributed by atoms with E-state index in [4.69, 9.17) is 14.5 Å². The van der Waals surface area contributed by atoms with E-state index in [-0.39, 0.29) is 25.0 Å². The molecule has 3 aliphatic heterocycles. The molecule has 0 unspecified atom stereocenters. The summed E-state index contributed by atoms with van der Waals surface area (Å²) < 4.78 is 11.1. The number of rotatable bonds is 8. The fourth-order valence-corrected chi connectivity index (χ4v) is 5.49. The summed E-state index contributed by atoms with van der Waals surface area (Å²) in [7, 11) is 0. The second-order valence-corrected chi connectivity index (χ2v) is 9.59. The van der Waals surface area contributed by atoms with E-state index < -0.39 is 12.0 Å². The number of amidine groups is 1. The van der Waals surface area contributed by atoms with Gasteiger partial charge in [0.25, 0.3) is 0 Å². The number of carbonyl (C=O) groups excluding carboxylic acids is 2. The van der Waals surface area contributed by atoms with E-state index in [2.05, 4.69) is 18.0 Å². The minimum absolute atomic E-state index is 0.0787. The largest absolute Gasteiger partial charge is 0.458 e. The number of nitrogens with zero attached hydrogens (tertiary/aromatic N) is 2. The van der Waals surface area contributed by atoms with Crippen molar-refractivity contribution in [3.8, 4) is 0 Å². The van der Waals surface area contributed by atoms with E-state index in [1.165, 1.54) is 11.8 Å². The summed E-state index contributed by atoms with van der Waals surface area (Å²) >= 11 is 1.47. The first-order valence-corrected chi connectivity index (χ1v) is 12.4. The number of allylic oxidation sites excluding steroid dienone is 1. The van der Waals surface area contributed by atoms with Gasteiger partial charge in [0.1, 0.15) is 6.61 Å². The van der Waals surface area contributed by atoms with Crippen LogP contribution in [0.1, 0.15) is 48.9 Å². The Kier molecular flexibility index (Phi) is 7.58. The number of nitrogens with one attached hydrogen (secondary N) is 1. The van der Waals surface area contributed by atoms with Gasteiger partial charge in [-0.2, -0.15) is 0 Å². The Hall–Kier alpha value is -2.84. The Bertz CT molecular complexity index is 1090. The summed E-state index contributed by atoms with van der Waals surface area (Å²) in [5, 5.41) is 5.70. The normalized spacial score (nSPS) is 21.7. The summed E-state index contributed by atoms with van der Waals surface area (Å²) in [6.45, 7) is 10.9. The lowest BCUT2D eigenvalue weighted by Gasteiger charge is -2.37. The van der Waals surface area contributed by atoms with Crippen molar-refractivity contribution in [2.24, 2.45) is 4.99 Å². The Morgan fingerprint density at radius 3 is 2.88 bits per heavy atom. The Labute approximate surface area is 205 Å². The number of benzene rings is 1. The molecular formula is C26H31N3O4S. The highest BCUT2D eigenvalue weighted by molar-refractivity contribution is 8.16. The monoisotopic (exact) mass is 481 g/mol. The lowest BCUT2D eigenvalue weighted by molar-refractivity contribution is -0.138. The van der Waals surface area contributed by atoms with Gasteiger partial charge >= 0.3 is 5.97 Å². The summed E-state index contributed by atoms with van der Waals surface area (Å²) in [4.78, 5) is 32.7. The molecule has 1 aromatic carbocycles. The maximum Gasteiger partial charge on any atom is 0.338 e. The third-order valence-electron chi connectivity index (χ3n) is 6.17. The zero-order chi connectivity index (χ0) is 24.2. The first-order chi connectivity index (χ1) is 16.4. The number of hydrogen-bond donors (Lipinski definition) is 1. The van der Waals surface area contributed by atoms with Gasteiger partial charge in [-0.15, -0.1) is 0 Å². The van der Waals surface area contributed by atoms with Gasteiger partial charge in [-0.05, 0) is 50.1 Å². The topological polar surface area (TPSA) is 80.2 Å². The minimum atomic E-state index is -0.433. The van der Waals surface area contributed by atoms with Gasteiger partial charge in [-0.3, -0.25) is 4.79 Å². The molecule has 0 aromatic heterocycles. The molecule has 7 nitrogen and oxygen atoms in total. The molecule has 180 valence electrons. The molecule has 0 radical (unpaired) electrons. The van der Waals surface area contributed by atoms with Crippen molar-refractivity contribution in [2.75, 3.05) is 19.8 Å². The standard InChI is InChI=1S/C26H31N3O4S/c1-5-10-33-25(31)23-18(4)28-26-29(24(23)21-9-8-16(2)12-17(21)3)19(15-34-26)13-22(30)27-14-20-7-6-11-32-20/h5,8-9,12,15,20,24H,1,6-7,10-11,13-14H2,2-4H3,(H,27,30)/t20-,24-/m1/s1. The Morgan fingerprint density at radius 2 is 2.18 bits per heavy atom. The van der Waals surface area contributed by atoms with Crippen molar-refractivity contribution in [2.45, 2.75) is 52.2 Å². The Morgan fingerprint density at radius 1 is 1.35 bits per heavy atom. The number of aliphatic imine (C=N–C) groups is 1. The lowest BCUT2D eigenvalue weighted by atomic mass is 9.90. The molecule has 8 heteroatoms. The molecule has 34 heavy (non-hydrogen) atoms. The fraction of sp³-hybridized carbons (Fsp3) is 0.423. The predicted molar refractivity (Wildman–Crippen MR) is 134 cm³/mol. The summed E-state index contributed by atoms with van der Waals surface area (Å²) in [6.07, 6.45) is 3.82. The van der Waals surface area contributed by atoms with Crippen LogP contribution in [0.4, 0.5) is 0 Å². The van der Waals surface area contributed by atoms with E-state index >= 15 is 0 Å². The third-order valence-corrected chi connectivity index (χ3v) is 7.05. The SMILES string of the molecule is C=CCOC(=O)C1=C(C)N=C2SC=C(CC(=O)NC[C@H]3CCCO3)N2[C@@H]1c1ccc(C)cc1C. The van der Waals surface area contributed by atoms with E-state index in [1.54, 1.807) is 6.08 Å². The van der Waals surface area contributed by atoms with Crippen molar-refractivity contribution >= 4 is 28.8 Å². The molecule has 1 saturated heterocycles. The van der Waals surface area contributed by atoms with E-state index in [0.29, 0.717) is 17.8 Å². The molecule has 3 heterocycles. The predicted octanol–water partition coefficient (Wildman–Crippen LogP) is 4.29. The number of hydrogen-bond acceptors (Lipinski definition) is 7. The molecular weight excluding hydrogens is 450 g/mol. The molecule has 1 aromatic rings. The summed E-state index contributed by atoms with van der Waals surface area (Å²) in [6, 6.07) is 5.75. The van der Waals surface area contributed by atoms with Crippen molar-refractivity contribution in [1.29, 1.82) is 0 Å².